The van der Waals surface area contributed by atoms with E-state index in [9.17, 15) is 18.0 Å². The Morgan fingerprint density at radius 3 is 2.58 bits per heavy atom. The van der Waals surface area contributed by atoms with Gasteiger partial charge in [-0.2, -0.15) is 13.2 Å². The van der Waals surface area contributed by atoms with E-state index in [2.05, 4.69) is 0 Å². The van der Waals surface area contributed by atoms with Crippen molar-refractivity contribution < 1.29 is 22.7 Å². The number of nitrogens with zero attached hydrogens (tertiary/aromatic N) is 1. The Morgan fingerprint density at radius 1 is 1.17 bits per heavy atom. The third kappa shape index (κ3) is 3.87. The van der Waals surface area contributed by atoms with E-state index in [1.807, 2.05) is 24.3 Å². The van der Waals surface area contributed by atoms with Crippen LogP contribution in [0.25, 0.3) is 10.8 Å². The van der Waals surface area contributed by atoms with Crippen LogP contribution in [-0.4, -0.2) is 42.8 Å². The summed E-state index contributed by atoms with van der Waals surface area (Å²) in [5.41, 5.74) is 0.267. The lowest BCUT2D eigenvalue weighted by Crippen LogP contribution is -2.49. The van der Waals surface area contributed by atoms with Gasteiger partial charge in [0.15, 0.2) is 0 Å². The topological polar surface area (TPSA) is 29.5 Å². The van der Waals surface area contributed by atoms with Crippen LogP contribution in [0.5, 0.6) is 0 Å². The summed E-state index contributed by atoms with van der Waals surface area (Å²) in [5.74, 6) is -0.603. The van der Waals surface area contributed by atoms with Crippen LogP contribution in [0.4, 0.5) is 13.2 Å². The molecule has 1 fully saturated rings. The largest absolute Gasteiger partial charge is 0.406 e. The fourth-order valence-electron chi connectivity index (χ4n) is 3.02. The zero-order valence-corrected chi connectivity index (χ0v) is 13.1. The fraction of sp³-hybridized carbons (Fsp3) is 0.389. The van der Waals surface area contributed by atoms with Gasteiger partial charge in [-0.15, -0.1) is 0 Å². The molecule has 0 bridgehead atoms. The van der Waals surface area contributed by atoms with Crippen LogP contribution < -0.4 is 0 Å². The van der Waals surface area contributed by atoms with Crippen molar-refractivity contribution in [3.63, 3.8) is 0 Å². The Bertz CT molecular complexity index is 724. The normalized spacial score (nSPS) is 18.5. The van der Waals surface area contributed by atoms with E-state index in [0.717, 1.165) is 15.7 Å². The third-order valence-electron chi connectivity index (χ3n) is 4.18. The van der Waals surface area contributed by atoms with Gasteiger partial charge in [0.25, 0.3) is 5.91 Å². The van der Waals surface area contributed by atoms with Crippen LogP contribution in [0.1, 0.15) is 23.2 Å². The number of fused-ring (bicyclic) bond motifs is 1. The lowest BCUT2D eigenvalue weighted by Gasteiger charge is -2.34. The molecule has 0 N–H and O–H groups in total. The molecule has 2 aromatic rings. The molecule has 3 nitrogen and oxygen atoms in total. The number of carbonyl (C=O) groups is 1. The van der Waals surface area contributed by atoms with E-state index in [1.54, 1.807) is 18.2 Å². The van der Waals surface area contributed by atoms with Gasteiger partial charge < -0.3 is 9.64 Å². The van der Waals surface area contributed by atoms with Crippen molar-refractivity contribution in [3.05, 3.63) is 48.0 Å². The Morgan fingerprint density at radius 2 is 1.92 bits per heavy atom. The highest BCUT2D eigenvalue weighted by atomic mass is 19.4. The Hall–Kier alpha value is -2.08. The Labute approximate surface area is 138 Å². The predicted octanol–water partition coefficient (Wildman–Crippen LogP) is 4.02. The number of rotatable bonds is 3. The predicted molar refractivity (Wildman–Crippen MR) is 84.9 cm³/mol. The number of ether oxygens (including phenoxy) is 1. The molecule has 2 aromatic carbocycles. The summed E-state index contributed by atoms with van der Waals surface area (Å²) in [4.78, 5) is 13.6. The monoisotopic (exact) mass is 337 g/mol. The van der Waals surface area contributed by atoms with Gasteiger partial charge in [-0.1, -0.05) is 30.3 Å². The molecule has 0 saturated carbocycles. The van der Waals surface area contributed by atoms with E-state index in [1.165, 1.54) is 0 Å². The van der Waals surface area contributed by atoms with E-state index in [-0.39, 0.29) is 12.2 Å². The maximum absolute atomic E-state index is 13.0. The first-order chi connectivity index (χ1) is 11.4. The van der Waals surface area contributed by atoms with Crippen molar-refractivity contribution in [1.29, 1.82) is 0 Å². The summed E-state index contributed by atoms with van der Waals surface area (Å²) in [6, 6.07) is 11.9. The van der Waals surface area contributed by atoms with E-state index in [4.69, 9.17) is 4.74 Å². The lowest BCUT2D eigenvalue weighted by molar-refractivity contribution is -0.148. The molecule has 1 heterocycles. The molecule has 1 atom stereocenters. The number of amides is 1. The minimum atomic E-state index is -4.44. The van der Waals surface area contributed by atoms with Crippen LogP contribution in [-0.2, 0) is 4.74 Å². The second-order valence-electron chi connectivity index (χ2n) is 5.98. The SMILES string of the molecule is O=C(c1ccc2ccccc2c1)N(CC(F)(F)F)[C@@H]1CCCOC1. The first-order valence-electron chi connectivity index (χ1n) is 7.88. The number of hydrogen-bond donors (Lipinski definition) is 0. The number of halogens is 3. The quantitative estimate of drug-likeness (QED) is 0.846. The maximum Gasteiger partial charge on any atom is 0.406 e. The zero-order valence-electron chi connectivity index (χ0n) is 13.1. The summed E-state index contributed by atoms with van der Waals surface area (Å²) in [6.45, 7) is -0.581. The van der Waals surface area contributed by atoms with Gasteiger partial charge in [-0.05, 0) is 35.7 Å². The van der Waals surface area contributed by atoms with Crippen molar-refractivity contribution in [2.75, 3.05) is 19.8 Å². The first kappa shape index (κ1) is 16.8. The van der Waals surface area contributed by atoms with Crippen molar-refractivity contribution in [1.82, 2.24) is 4.90 Å². The molecular weight excluding hydrogens is 319 g/mol. The van der Waals surface area contributed by atoms with Gasteiger partial charge >= 0.3 is 6.18 Å². The van der Waals surface area contributed by atoms with Crippen molar-refractivity contribution >= 4 is 16.7 Å². The average Bonchev–Trinajstić information content (AvgIpc) is 2.58. The highest BCUT2D eigenvalue weighted by molar-refractivity contribution is 5.98. The summed E-state index contributed by atoms with van der Waals surface area (Å²) < 4.78 is 44.1. The molecule has 0 unspecified atom stereocenters. The molecule has 1 aliphatic heterocycles. The second kappa shape index (κ2) is 6.81. The van der Waals surface area contributed by atoms with E-state index < -0.39 is 24.7 Å². The molecule has 0 aromatic heterocycles. The van der Waals surface area contributed by atoms with Crippen LogP contribution in [0.3, 0.4) is 0 Å². The molecular formula is C18H18F3NO2. The summed E-state index contributed by atoms with van der Waals surface area (Å²) >= 11 is 0. The van der Waals surface area contributed by atoms with Gasteiger partial charge in [0.2, 0.25) is 0 Å². The molecule has 0 spiro atoms. The van der Waals surface area contributed by atoms with Crippen LogP contribution in [0.15, 0.2) is 42.5 Å². The summed E-state index contributed by atoms with van der Waals surface area (Å²) in [6.07, 6.45) is -3.26. The first-order valence-corrected chi connectivity index (χ1v) is 7.88. The molecule has 24 heavy (non-hydrogen) atoms. The molecule has 1 amide bonds. The summed E-state index contributed by atoms with van der Waals surface area (Å²) in [5, 5.41) is 1.77. The molecule has 3 rings (SSSR count). The molecule has 0 aliphatic carbocycles. The van der Waals surface area contributed by atoms with E-state index >= 15 is 0 Å². The number of hydrogen-bond acceptors (Lipinski definition) is 2. The average molecular weight is 337 g/mol. The van der Waals surface area contributed by atoms with Gasteiger partial charge in [-0.25, -0.2) is 0 Å². The molecule has 6 heteroatoms. The standard InChI is InChI=1S/C18H18F3NO2/c19-18(20,21)12-22(16-6-3-9-24-11-16)17(23)15-8-7-13-4-1-2-5-14(13)10-15/h1-2,4-5,7-8,10,16H,3,6,9,11-12H2/t16-/m1/s1. The van der Waals surface area contributed by atoms with Gasteiger partial charge in [0.05, 0.1) is 12.6 Å². The molecule has 128 valence electrons. The van der Waals surface area contributed by atoms with Gasteiger partial charge in [0, 0.05) is 12.2 Å². The van der Waals surface area contributed by atoms with Crippen LogP contribution in [0, 0.1) is 0 Å². The highest BCUT2D eigenvalue weighted by Gasteiger charge is 2.37. The zero-order chi connectivity index (χ0) is 17.2. The molecule has 1 saturated heterocycles. The lowest BCUT2D eigenvalue weighted by atomic mass is 10.0. The van der Waals surface area contributed by atoms with E-state index in [0.29, 0.717) is 19.4 Å². The van der Waals surface area contributed by atoms with Crippen molar-refractivity contribution in [3.8, 4) is 0 Å². The van der Waals surface area contributed by atoms with Gasteiger partial charge in [0.1, 0.15) is 6.54 Å². The fourth-order valence-corrected chi connectivity index (χ4v) is 3.02. The van der Waals surface area contributed by atoms with Gasteiger partial charge in [-0.3, -0.25) is 4.79 Å². The summed E-state index contributed by atoms with van der Waals surface area (Å²) in [7, 11) is 0. The number of benzene rings is 2. The maximum atomic E-state index is 13.0. The Kier molecular flexibility index (Phi) is 4.76. The minimum absolute atomic E-state index is 0.148. The van der Waals surface area contributed by atoms with Crippen LogP contribution >= 0.6 is 0 Å². The third-order valence-corrected chi connectivity index (χ3v) is 4.18. The second-order valence-corrected chi connectivity index (χ2v) is 5.98. The minimum Gasteiger partial charge on any atom is -0.379 e. The smallest absolute Gasteiger partial charge is 0.379 e. The molecule has 1 aliphatic rings. The number of carbonyl (C=O) groups excluding carboxylic acids is 1. The van der Waals surface area contributed by atoms with Crippen molar-refractivity contribution in [2.24, 2.45) is 0 Å². The molecule has 0 radical (unpaired) electrons. The Balaban J connectivity index is 1.90. The number of alkyl halides is 3. The van der Waals surface area contributed by atoms with Crippen LogP contribution in [0.2, 0.25) is 0 Å². The van der Waals surface area contributed by atoms with Crippen molar-refractivity contribution in [2.45, 2.75) is 25.1 Å². The highest BCUT2D eigenvalue weighted by Crippen LogP contribution is 2.24.